The van der Waals surface area contributed by atoms with Crippen molar-refractivity contribution in [2.75, 3.05) is 6.54 Å². The molecule has 1 saturated heterocycles. The third kappa shape index (κ3) is 4.70. The van der Waals surface area contributed by atoms with Crippen LogP contribution in [0.5, 0.6) is 0 Å². The zero-order chi connectivity index (χ0) is 12.6. The molecule has 100 valence electrons. The summed E-state index contributed by atoms with van der Waals surface area (Å²) in [5.41, 5.74) is 1.06. The summed E-state index contributed by atoms with van der Waals surface area (Å²) in [5.74, 6) is 0. The van der Waals surface area contributed by atoms with Crippen LogP contribution in [0, 0.1) is 0 Å². The second-order valence-corrected chi connectivity index (χ2v) is 5.22. The molecule has 1 aromatic heterocycles. The number of aromatic nitrogens is 2. The fraction of sp³-hybridized carbons (Fsp3) is 0.714. The largest absolute Gasteiger partial charge is 0.314 e. The normalized spacial score (nSPS) is 22.4. The average molecular weight is 248 g/mol. The highest BCUT2D eigenvalue weighted by Gasteiger charge is 2.14. The summed E-state index contributed by atoms with van der Waals surface area (Å²) in [6.45, 7) is 4.27. The predicted octanol–water partition coefficient (Wildman–Crippen LogP) is 1.88. The molecule has 1 aromatic rings. The van der Waals surface area contributed by atoms with Crippen molar-refractivity contribution in [3.8, 4) is 0 Å². The zero-order valence-electron chi connectivity index (χ0n) is 11.2. The minimum Gasteiger partial charge on any atom is -0.314 e. The average Bonchev–Trinajstić information content (AvgIpc) is 2.66. The van der Waals surface area contributed by atoms with Crippen molar-refractivity contribution in [1.82, 2.24) is 20.6 Å². The quantitative estimate of drug-likeness (QED) is 0.835. The van der Waals surface area contributed by atoms with Crippen LogP contribution in [0.4, 0.5) is 0 Å². The lowest BCUT2D eigenvalue weighted by molar-refractivity contribution is 0.401. The van der Waals surface area contributed by atoms with Crippen LogP contribution >= 0.6 is 0 Å². The van der Waals surface area contributed by atoms with Crippen molar-refractivity contribution < 1.29 is 0 Å². The molecule has 0 spiro atoms. The molecule has 2 rings (SSSR count). The molecule has 1 fully saturated rings. The molecule has 1 aliphatic heterocycles. The Hall–Kier alpha value is -1.00. The Morgan fingerprint density at radius 2 is 2.39 bits per heavy atom. The van der Waals surface area contributed by atoms with Gasteiger partial charge in [0, 0.05) is 24.8 Å². The molecule has 18 heavy (non-hydrogen) atoms. The number of nitrogens with zero attached hydrogens (tertiary/aromatic N) is 2. The van der Waals surface area contributed by atoms with Gasteiger partial charge in [0.2, 0.25) is 0 Å². The molecular formula is C14H24N4. The lowest BCUT2D eigenvalue weighted by atomic mass is 10.0. The van der Waals surface area contributed by atoms with E-state index in [1.165, 1.54) is 38.6 Å². The zero-order valence-corrected chi connectivity index (χ0v) is 11.2. The van der Waals surface area contributed by atoms with Crippen molar-refractivity contribution >= 4 is 0 Å². The smallest absolute Gasteiger partial charge is 0.115 e. The van der Waals surface area contributed by atoms with Gasteiger partial charge in [-0.05, 0) is 38.8 Å². The number of hydrogen-bond acceptors (Lipinski definition) is 4. The summed E-state index contributed by atoms with van der Waals surface area (Å²) in [7, 11) is 0. The topological polar surface area (TPSA) is 49.8 Å². The van der Waals surface area contributed by atoms with Crippen LogP contribution in [0.25, 0.3) is 0 Å². The molecule has 2 N–H and O–H groups in total. The fourth-order valence-electron chi connectivity index (χ4n) is 2.51. The first-order valence-corrected chi connectivity index (χ1v) is 7.06. The Bertz CT molecular complexity index is 320. The second-order valence-electron chi connectivity index (χ2n) is 5.22. The molecule has 4 nitrogen and oxygen atoms in total. The SMILES string of the molecule is CC(CC1CCCCCN1)NCc1ccncn1. The molecule has 2 heterocycles. The molecule has 0 saturated carbocycles. The fourth-order valence-corrected chi connectivity index (χ4v) is 2.51. The van der Waals surface area contributed by atoms with Crippen molar-refractivity contribution in [3.05, 3.63) is 24.3 Å². The van der Waals surface area contributed by atoms with Crippen LogP contribution in [0.3, 0.4) is 0 Å². The van der Waals surface area contributed by atoms with Gasteiger partial charge in [-0.3, -0.25) is 0 Å². The van der Waals surface area contributed by atoms with E-state index in [0.29, 0.717) is 12.1 Å². The van der Waals surface area contributed by atoms with Gasteiger partial charge in [0.25, 0.3) is 0 Å². The van der Waals surface area contributed by atoms with Crippen LogP contribution in [0.15, 0.2) is 18.6 Å². The number of hydrogen-bond donors (Lipinski definition) is 2. The summed E-state index contributed by atoms with van der Waals surface area (Å²) < 4.78 is 0. The van der Waals surface area contributed by atoms with Gasteiger partial charge in [-0.1, -0.05) is 12.8 Å². The Kier molecular flexibility index (Phi) is 5.55. The van der Waals surface area contributed by atoms with E-state index >= 15 is 0 Å². The van der Waals surface area contributed by atoms with Gasteiger partial charge in [0.1, 0.15) is 6.33 Å². The van der Waals surface area contributed by atoms with E-state index in [1.807, 2.05) is 6.07 Å². The maximum atomic E-state index is 4.22. The molecular weight excluding hydrogens is 224 g/mol. The van der Waals surface area contributed by atoms with E-state index in [1.54, 1.807) is 12.5 Å². The molecule has 0 radical (unpaired) electrons. The predicted molar refractivity (Wildman–Crippen MR) is 73.2 cm³/mol. The van der Waals surface area contributed by atoms with Gasteiger partial charge < -0.3 is 10.6 Å². The van der Waals surface area contributed by atoms with Crippen LogP contribution in [0.2, 0.25) is 0 Å². The van der Waals surface area contributed by atoms with E-state index in [9.17, 15) is 0 Å². The standard InChI is InChI=1S/C14H24N4/c1-12(9-13-5-3-2-4-7-16-13)17-10-14-6-8-15-11-18-14/h6,8,11-13,16-17H,2-5,7,9-10H2,1H3. The highest BCUT2D eigenvalue weighted by atomic mass is 15.0. The summed E-state index contributed by atoms with van der Waals surface area (Å²) >= 11 is 0. The molecule has 4 heteroatoms. The summed E-state index contributed by atoms with van der Waals surface area (Å²) in [6.07, 6.45) is 10.0. The number of rotatable bonds is 5. The molecule has 0 amide bonds. The first kappa shape index (κ1) is 13.4. The lowest BCUT2D eigenvalue weighted by Crippen LogP contribution is -2.36. The van der Waals surface area contributed by atoms with E-state index in [2.05, 4.69) is 27.5 Å². The van der Waals surface area contributed by atoms with E-state index in [4.69, 9.17) is 0 Å². The molecule has 0 aromatic carbocycles. The van der Waals surface area contributed by atoms with Gasteiger partial charge in [0.15, 0.2) is 0 Å². The van der Waals surface area contributed by atoms with Crippen molar-refractivity contribution in [2.24, 2.45) is 0 Å². The molecule has 1 aliphatic rings. The highest BCUT2D eigenvalue weighted by molar-refractivity contribution is 4.97. The summed E-state index contributed by atoms with van der Waals surface area (Å²) in [4.78, 5) is 8.15. The van der Waals surface area contributed by atoms with Gasteiger partial charge in [-0.15, -0.1) is 0 Å². The Balaban J connectivity index is 1.69. The van der Waals surface area contributed by atoms with Crippen LogP contribution in [0.1, 0.15) is 44.7 Å². The summed E-state index contributed by atoms with van der Waals surface area (Å²) in [5, 5.41) is 7.18. The molecule has 2 unspecified atom stereocenters. The van der Waals surface area contributed by atoms with Gasteiger partial charge in [-0.25, -0.2) is 9.97 Å². The van der Waals surface area contributed by atoms with Gasteiger partial charge in [-0.2, -0.15) is 0 Å². The third-order valence-corrected chi connectivity index (χ3v) is 3.58. The Labute approximate surface area is 110 Å². The first-order valence-electron chi connectivity index (χ1n) is 7.06. The Morgan fingerprint density at radius 3 is 3.22 bits per heavy atom. The Morgan fingerprint density at radius 1 is 1.44 bits per heavy atom. The van der Waals surface area contributed by atoms with Crippen LogP contribution < -0.4 is 10.6 Å². The monoisotopic (exact) mass is 248 g/mol. The highest BCUT2D eigenvalue weighted by Crippen LogP contribution is 2.12. The van der Waals surface area contributed by atoms with Crippen molar-refractivity contribution in [3.63, 3.8) is 0 Å². The molecule has 0 aliphatic carbocycles. The van der Waals surface area contributed by atoms with Gasteiger partial charge >= 0.3 is 0 Å². The van der Waals surface area contributed by atoms with E-state index in [0.717, 1.165) is 12.2 Å². The first-order chi connectivity index (χ1) is 8.84. The summed E-state index contributed by atoms with van der Waals surface area (Å²) in [6, 6.07) is 3.17. The second kappa shape index (κ2) is 7.44. The van der Waals surface area contributed by atoms with E-state index in [-0.39, 0.29) is 0 Å². The van der Waals surface area contributed by atoms with Crippen LogP contribution in [-0.2, 0) is 6.54 Å². The maximum absolute atomic E-state index is 4.22. The molecule has 2 atom stereocenters. The lowest BCUT2D eigenvalue weighted by Gasteiger charge is -2.21. The van der Waals surface area contributed by atoms with Crippen molar-refractivity contribution in [1.29, 1.82) is 0 Å². The minimum atomic E-state index is 0.524. The third-order valence-electron chi connectivity index (χ3n) is 3.58. The van der Waals surface area contributed by atoms with E-state index < -0.39 is 0 Å². The molecule has 0 bridgehead atoms. The minimum absolute atomic E-state index is 0.524. The number of nitrogens with one attached hydrogen (secondary N) is 2. The van der Waals surface area contributed by atoms with Crippen molar-refractivity contribution in [2.45, 2.75) is 57.7 Å². The van der Waals surface area contributed by atoms with Gasteiger partial charge in [0.05, 0.1) is 5.69 Å². The maximum Gasteiger partial charge on any atom is 0.115 e. The van der Waals surface area contributed by atoms with Crippen LogP contribution in [-0.4, -0.2) is 28.6 Å².